The Labute approximate surface area is 134 Å². The summed E-state index contributed by atoms with van der Waals surface area (Å²) in [5, 5.41) is 21.8. The maximum Gasteiger partial charge on any atom is 0.404 e. The fourth-order valence-electron chi connectivity index (χ4n) is 2.05. The van der Waals surface area contributed by atoms with E-state index in [1.165, 1.54) is 25.2 Å². The lowest BCUT2D eigenvalue weighted by Gasteiger charge is -2.29. The quantitative estimate of drug-likeness (QED) is 0.569. The van der Waals surface area contributed by atoms with Crippen LogP contribution in [0.1, 0.15) is 13.8 Å². The lowest BCUT2D eigenvalue weighted by Crippen LogP contribution is -2.42. The third kappa shape index (κ3) is 4.89. The van der Waals surface area contributed by atoms with Gasteiger partial charge in [0, 0.05) is 26.2 Å². The molecule has 0 aliphatic rings. The van der Waals surface area contributed by atoms with Crippen LogP contribution in [0, 0.1) is 15.5 Å². The Bertz CT molecular complexity index is 701. The average molecular weight is 345 g/mol. The van der Waals surface area contributed by atoms with Crippen LogP contribution >= 0.6 is 0 Å². The normalized spacial score (nSPS) is 12.2. The van der Waals surface area contributed by atoms with E-state index in [-0.39, 0.29) is 13.1 Å². The molecule has 0 unspecified atom stereocenters. The van der Waals surface area contributed by atoms with E-state index in [9.17, 15) is 23.3 Å². The molecule has 0 saturated heterocycles. The third-order valence-electron chi connectivity index (χ3n) is 3.12. The average Bonchev–Trinajstić information content (AvgIpc) is 2.44. The van der Waals surface area contributed by atoms with Gasteiger partial charge in [0.05, 0.1) is 4.92 Å². The number of para-hydroxylation sites is 1. The van der Waals surface area contributed by atoms with Crippen molar-refractivity contribution in [3.63, 3.8) is 0 Å². The summed E-state index contributed by atoms with van der Waals surface area (Å²) < 4.78 is 26.1. The summed E-state index contributed by atoms with van der Waals surface area (Å²) >= 11 is 0. The highest BCUT2D eigenvalue weighted by molar-refractivity contribution is 7.89. The first-order valence-corrected chi connectivity index (χ1v) is 8.08. The number of benzene rings is 1. The van der Waals surface area contributed by atoms with Gasteiger partial charge in [-0.05, 0) is 11.5 Å². The smallest absolute Gasteiger partial charge is 0.404 e. The number of hydrogen-bond donors (Lipinski definition) is 2. The molecule has 1 amide bonds. The van der Waals surface area contributed by atoms with Crippen molar-refractivity contribution >= 4 is 21.8 Å². The number of amides is 1. The largest absolute Gasteiger partial charge is 0.465 e. The van der Waals surface area contributed by atoms with E-state index in [1.807, 2.05) is 0 Å². The Morgan fingerprint density at radius 2 is 1.96 bits per heavy atom. The first-order valence-electron chi connectivity index (χ1n) is 6.64. The molecule has 128 valence electrons. The molecule has 9 nitrogen and oxygen atoms in total. The SMILES string of the molecule is CN(CC(C)(C)CNC(=O)O)S(=O)(=O)c1ccccc1[N+](=O)[O-]. The van der Waals surface area contributed by atoms with E-state index >= 15 is 0 Å². The standard InChI is InChI=1S/C13H19N3O6S/c1-13(2,8-14-12(17)18)9-15(3)23(21,22)11-7-5-4-6-10(11)16(19)20/h4-7,14H,8-9H2,1-3H3,(H,17,18). The summed E-state index contributed by atoms with van der Waals surface area (Å²) in [5.41, 5.74) is -1.19. The van der Waals surface area contributed by atoms with Crippen molar-refractivity contribution in [2.24, 2.45) is 5.41 Å². The van der Waals surface area contributed by atoms with Gasteiger partial charge < -0.3 is 10.4 Å². The summed E-state index contributed by atoms with van der Waals surface area (Å²) in [4.78, 5) is 20.4. The Morgan fingerprint density at radius 3 is 2.48 bits per heavy atom. The van der Waals surface area contributed by atoms with E-state index in [2.05, 4.69) is 5.32 Å². The van der Waals surface area contributed by atoms with Gasteiger partial charge in [-0.1, -0.05) is 26.0 Å². The second kappa shape index (κ2) is 6.92. The molecule has 0 radical (unpaired) electrons. The number of nitrogens with one attached hydrogen (secondary N) is 1. The molecule has 0 heterocycles. The van der Waals surface area contributed by atoms with Crippen molar-refractivity contribution in [2.75, 3.05) is 20.1 Å². The van der Waals surface area contributed by atoms with Crippen molar-refractivity contribution in [1.29, 1.82) is 0 Å². The maximum atomic E-state index is 12.6. The number of rotatable bonds is 7. The van der Waals surface area contributed by atoms with Crippen molar-refractivity contribution in [2.45, 2.75) is 18.7 Å². The summed E-state index contributed by atoms with van der Waals surface area (Å²) in [7, 11) is -2.77. The van der Waals surface area contributed by atoms with Crippen LogP contribution in [0.2, 0.25) is 0 Å². The molecule has 10 heteroatoms. The zero-order valence-electron chi connectivity index (χ0n) is 13.0. The van der Waals surface area contributed by atoms with E-state index in [0.29, 0.717) is 0 Å². The minimum absolute atomic E-state index is 0.0122. The van der Waals surface area contributed by atoms with Gasteiger partial charge in [0.2, 0.25) is 10.0 Å². The molecule has 0 aliphatic carbocycles. The van der Waals surface area contributed by atoms with Crippen LogP contribution in [0.5, 0.6) is 0 Å². The molecule has 1 aromatic carbocycles. The maximum absolute atomic E-state index is 12.6. The Hall–Kier alpha value is -2.20. The van der Waals surface area contributed by atoms with Gasteiger partial charge in [-0.2, -0.15) is 0 Å². The molecule has 0 saturated carbocycles. The highest BCUT2D eigenvalue weighted by atomic mass is 32.2. The molecule has 0 spiro atoms. The molecular weight excluding hydrogens is 326 g/mol. The number of nitro benzene ring substituents is 1. The molecular formula is C13H19N3O6S. The summed E-state index contributed by atoms with van der Waals surface area (Å²) in [6, 6.07) is 5.09. The van der Waals surface area contributed by atoms with E-state index in [0.717, 1.165) is 10.4 Å². The zero-order chi connectivity index (χ0) is 17.8. The van der Waals surface area contributed by atoms with Crippen LogP contribution in [0.4, 0.5) is 10.5 Å². The van der Waals surface area contributed by atoms with Gasteiger partial charge in [0.1, 0.15) is 0 Å². The van der Waals surface area contributed by atoms with Crippen LogP contribution in [0.25, 0.3) is 0 Å². The van der Waals surface area contributed by atoms with Crippen LogP contribution in [0.15, 0.2) is 29.2 Å². The summed E-state index contributed by atoms with van der Waals surface area (Å²) in [5.74, 6) is 0. The molecule has 1 rings (SSSR count). The van der Waals surface area contributed by atoms with Gasteiger partial charge in [-0.15, -0.1) is 0 Å². The topological polar surface area (TPSA) is 130 Å². The molecule has 1 aromatic rings. The molecule has 0 bridgehead atoms. The number of hydrogen-bond acceptors (Lipinski definition) is 5. The fraction of sp³-hybridized carbons (Fsp3) is 0.462. The lowest BCUT2D eigenvalue weighted by atomic mass is 9.94. The van der Waals surface area contributed by atoms with Crippen molar-refractivity contribution in [3.05, 3.63) is 34.4 Å². The number of sulfonamides is 1. The van der Waals surface area contributed by atoms with E-state index in [4.69, 9.17) is 5.11 Å². The van der Waals surface area contributed by atoms with E-state index < -0.39 is 37.0 Å². The molecule has 23 heavy (non-hydrogen) atoms. The highest BCUT2D eigenvalue weighted by Crippen LogP contribution is 2.27. The number of nitro groups is 1. The predicted octanol–water partition coefficient (Wildman–Crippen LogP) is 1.51. The number of carboxylic acid groups (broad SMARTS) is 1. The van der Waals surface area contributed by atoms with Crippen LogP contribution < -0.4 is 5.32 Å². The predicted molar refractivity (Wildman–Crippen MR) is 82.7 cm³/mol. The number of nitrogens with zero attached hydrogens (tertiary/aromatic N) is 2. The third-order valence-corrected chi connectivity index (χ3v) is 4.97. The minimum Gasteiger partial charge on any atom is -0.465 e. The highest BCUT2D eigenvalue weighted by Gasteiger charge is 2.32. The zero-order valence-corrected chi connectivity index (χ0v) is 13.8. The monoisotopic (exact) mass is 345 g/mol. The Kier molecular flexibility index (Phi) is 5.67. The Morgan fingerprint density at radius 1 is 1.39 bits per heavy atom. The van der Waals surface area contributed by atoms with Crippen LogP contribution in [0.3, 0.4) is 0 Å². The first kappa shape index (κ1) is 18.8. The Balaban J connectivity index is 3.05. The van der Waals surface area contributed by atoms with Gasteiger partial charge in [-0.3, -0.25) is 10.1 Å². The molecule has 0 aliphatic heterocycles. The summed E-state index contributed by atoms with van der Waals surface area (Å²) in [6.45, 7) is 3.41. The lowest BCUT2D eigenvalue weighted by molar-refractivity contribution is -0.387. The van der Waals surface area contributed by atoms with Crippen molar-refractivity contribution in [3.8, 4) is 0 Å². The molecule has 0 atom stereocenters. The second-order valence-electron chi connectivity index (χ2n) is 5.81. The fourth-order valence-corrected chi connectivity index (χ4v) is 3.57. The van der Waals surface area contributed by atoms with Crippen molar-refractivity contribution < 1.29 is 23.2 Å². The minimum atomic E-state index is -4.07. The molecule has 0 aromatic heterocycles. The molecule has 2 N–H and O–H groups in total. The first-order chi connectivity index (χ1) is 10.5. The van der Waals surface area contributed by atoms with Crippen molar-refractivity contribution in [1.82, 2.24) is 9.62 Å². The van der Waals surface area contributed by atoms with Crippen LogP contribution in [-0.4, -0.2) is 49.0 Å². The summed E-state index contributed by atoms with van der Waals surface area (Å²) in [6.07, 6.45) is -1.21. The van der Waals surface area contributed by atoms with E-state index in [1.54, 1.807) is 13.8 Å². The molecule has 0 fully saturated rings. The second-order valence-corrected chi connectivity index (χ2v) is 7.82. The van der Waals surface area contributed by atoms with Gasteiger partial charge in [0.15, 0.2) is 4.90 Å². The van der Waals surface area contributed by atoms with Crippen LogP contribution in [-0.2, 0) is 10.0 Å². The van der Waals surface area contributed by atoms with Gasteiger partial charge >= 0.3 is 6.09 Å². The van der Waals surface area contributed by atoms with Gasteiger partial charge in [0.25, 0.3) is 5.69 Å². The number of carbonyl (C=O) groups is 1. The van der Waals surface area contributed by atoms with Gasteiger partial charge in [-0.25, -0.2) is 17.5 Å².